The van der Waals surface area contributed by atoms with Crippen LogP contribution >= 0.6 is 0 Å². The largest absolute Gasteiger partial charge is 0.487 e. The summed E-state index contributed by atoms with van der Waals surface area (Å²) in [6.07, 6.45) is 5.75. The minimum absolute atomic E-state index is 0.0571. The van der Waals surface area contributed by atoms with Crippen LogP contribution in [-0.2, 0) is 12.0 Å². The zero-order valence-electron chi connectivity index (χ0n) is 10.8. The van der Waals surface area contributed by atoms with Gasteiger partial charge in [0, 0.05) is 12.0 Å². The van der Waals surface area contributed by atoms with Gasteiger partial charge in [0.2, 0.25) is 0 Å². The van der Waals surface area contributed by atoms with Gasteiger partial charge in [-0.05, 0) is 43.9 Å². The molecule has 0 aromatic heterocycles. The van der Waals surface area contributed by atoms with Gasteiger partial charge in [-0.25, -0.2) is 0 Å². The van der Waals surface area contributed by atoms with Gasteiger partial charge in [-0.15, -0.1) is 0 Å². The van der Waals surface area contributed by atoms with E-state index in [1.807, 2.05) is 0 Å². The lowest BCUT2D eigenvalue weighted by molar-refractivity contribution is 0.138. The molecular formula is C15H21NO. The SMILES string of the molecule is CC1(C)Cc2cc(C3(N)CCCC3)ccc2O1. The molecule has 0 atom stereocenters. The van der Waals surface area contributed by atoms with E-state index in [1.165, 1.54) is 24.0 Å². The van der Waals surface area contributed by atoms with Crippen molar-refractivity contribution < 1.29 is 4.74 Å². The Morgan fingerprint density at radius 3 is 2.59 bits per heavy atom. The van der Waals surface area contributed by atoms with E-state index in [9.17, 15) is 0 Å². The van der Waals surface area contributed by atoms with E-state index in [4.69, 9.17) is 10.5 Å². The fourth-order valence-corrected chi connectivity index (χ4v) is 3.21. The number of benzene rings is 1. The molecule has 1 aliphatic carbocycles. The molecule has 0 unspecified atom stereocenters. The summed E-state index contributed by atoms with van der Waals surface area (Å²) in [5.41, 5.74) is 8.99. The minimum atomic E-state index is -0.0816. The molecule has 1 aromatic rings. The molecule has 1 aromatic carbocycles. The molecule has 0 saturated heterocycles. The molecule has 1 fully saturated rings. The van der Waals surface area contributed by atoms with E-state index in [0.29, 0.717) is 0 Å². The Kier molecular flexibility index (Phi) is 2.27. The highest BCUT2D eigenvalue weighted by Crippen LogP contribution is 2.41. The quantitative estimate of drug-likeness (QED) is 0.806. The van der Waals surface area contributed by atoms with Crippen LogP contribution in [0.4, 0.5) is 0 Å². The Labute approximate surface area is 103 Å². The van der Waals surface area contributed by atoms with Gasteiger partial charge < -0.3 is 10.5 Å². The van der Waals surface area contributed by atoms with Gasteiger partial charge in [0.05, 0.1) is 0 Å². The fourth-order valence-electron chi connectivity index (χ4n) is 3.21. The zero-order chi connectivity index (χ0) is 12.1. The first-order chi connectivity index (χ1) is 7.99. The number of nitrogens with two attached hydrogens (primary N) is 1. The third kappa shape index (κ3) is 1.85. The van der Waals surface area contributed by atoms with Gasteiger partial charge in [0.15, 0.2) is 0 Å². The van der Waals surface area contributed by atoms with Crippen molar-refractivity contribution in [3.63, 3.8) is 0 Å². The van der Waals surface area contributed by atoms with Crippen LogP contribution in [0.5, 0.6) is 5.75 Å². The van der Waals surface area contributed by atoms with Crippen LogP contribution in [0, 0.1) is 0 Å². The van der Waals surface area contributed by atoms with E-state index in [0.717, 1.165) is 25.0 Å². The number of fused-ring (bicyclic) bond motifs is 1. The van der Waals surface area contributed by atoms with Crippen molar-refractivity contribution in [1.29, 1.82) is 0 Å². The summed E-state index contributed by atoms with van der Waals surface area (Å²) in [6, 6.07) is 6.54. The van der Waals surface area contributed by atoms with E-state index >= 15 is 0 Å². The summed E-state index contributed by atoms with van der Waals surface area (Å²) in [5, 5.41) is 0. The Hall–Kier alpha value is -1.02. The second-order valence-electron chi connectivity index (χ2n) is 6.22. The predicted octanol–water partition coefficient (Wildman–Crippen LogP) is 3.13. The normalized spacial score (nSPS) is 24.4. The van der Waals surface area contributed by atoms with Crippen molar-refractivity contribution >= 4 is 0 Å². The van der Waals surface area contributed by atoms with Crippen LogP contribution in [-0.4, -0.2) is 5.60 Å². The van der Waals surface area contributed by atoms with Crippen molar-refractivity contribution in [2.75, 3.05) is 0 Å². The first-order valence-electron chi connectivity index (χ1n) is 6.60. The van der Waals surface area contributed by atoms with Gasteiger partial charge in [-0.3, -0.25) is 0 Å². The fraction of sp³-hybridized carbons (Fsp3) is 0.600. The van der Waals surface area contributed by atoms with Crippen molar-refractivity contribution in [3.8, 4) is 5.75 Å². The lowest BCUT2D eigenvalue weighted by Gasteiger charge is -2.24. The van der Waals surface area contributed by atoms with Crippen LogP contribution in [0.1, 0.15) is 50.7 Å². The lowest BCUT2D eigenvalue weighted by atomic mass is 9.87. The molecule has 17 heavy (non-hydrogen) atoms. The molecule has 0 radical (unpaired) electrons. The van der Waals surface area contributed by atoms with Crippen molar-refractivity contribution in [3.05, 3.63) is 29.3 Å². The van der Waals surface area contributed by atoms with Gasteiger partial charge in [-0.2, -0.15) is 0 Å². The molecule has 1 heterocycles. The van der Waals surface area contributed by atoms with E-state index in [-0.39, 0.29) is 11.1 Å². The summed E-state index contributed by atoms with van der Waals surface area (Å²) < 4.78 is 5.90. The number of hydrogen-bond donors (Lipinski definition) is 1. The van der Waals surface area contributed by atoms with Gasteiger partial charge in [0.25, 0.3) is 0 Å². The first-order valence-corrected chi connectivity index (χ1v) is 6.60. The molecule has 3 rings (SSSR count). The number of ether oxygens (including phenoxy) is 1. The summed E-state index contributed by atoms with van der Waals surface area (Å²) in [7, 11) is 0. The highest BCUT2D eigenvalue weighted by Gasteiger charge is 2.34. The van der Waals surface area contributed by atoms with Crippen LogP contribution < -0.4 is 10.5 Å². The standard InChI is InChI=1S/C15H21NO/c1-14(2)10-11-9-12(5-6-13(11)17-14)15(16)7-3-4-8-15/h5-6,9H,3-4,7-8,10,16H2,1-2H3. The third-order valence-electron chi connectivity index (χ3n) is 4.13. The van der Waals surface area contributed by atoms with Crippen LogP contribution in [0.3, 0.4) is 0 Å². The predicted molar refractivity (Wildman–Crippen MR) is 69.2 cm³/mol. The molecular weight excluding hydrogens is 210 g/mol. The average molecular weight is 231 g/mol. The van der Waals surface area contributed by atoms with E-state index in [1.54, 1.807) is 0 Å². The first kappa shape index (κ1) is 11.1. The molecule has 1 aliphatic heterocycles. The number of rotatable bonds is 1. The maximum atomic E-state index is 6.50. The Balaban J connectivity index is 1.95. The molecule has 2 heteroatoms. The van der Waals surface area contributed by atoms with Gasteiger partial charge >= 0.3 is 0 Å². The molecule has 0 bridgehead atoms. The maximum absolute atomic E-state index is 6.50. The summed E-state index contributed by atoms with van der Waals surface area (Å²) in [4.78, 5) is 0. The van der Waals surface area contributed by atoms with Crippen LogP contribution in [0.15, 0.2) is 18.2 Å². The molecule has 2 N–H and O–H groups in total. The molecule has 0 amide bonds. The molecule has 0 spiro atoms. The average Bonchev–Trinajstić information content (AvgIpc) is 2.79. The molecule has 1 saturated carbocycles. The third-order valence-corrected chi connectivity index (χ3v) is 4.13. The van der Waals surface area contributed by atoms with Crippen molar-refractivity contribution in [1.82, 2.24) is 0 Å². The summed E-state index contributed by atoms with van der Waals surface area (Å²) in [6.45, 7) is 4.28. The van der Waals surface area contributed by atoms with Gasteiger partial charge in [-0.1, -0.05) is 25.0 Å². The van der Waals surface area contributed by atoms with E-state index in [2.05, 4.69) is 32.0 Å². The molecule has 2 nitrogen and oxygen atoms in total. The summed E-state index contributed by atoms with van der Waals surface area (Å²) in [5.74, 6) is 1.04. The topological polar surface area (TPSA) is 35.2 Å². The maximum Gasteiger partial charge on any atom is 0.123 e. The second kappa shape index (κ2) is 3.49. The Bertz CT molecular complexity index is 444. The van der Waals surface area contributed by atoms with Crippen molar-refractivity contribution in [2.24, 2.45) is 5.73 Å². The Morgan fingerprint density at radius 1 is 1.18 bits per heavy atom. The molecule has 2 aliphatic rings. The minimum Gasteiger partial charge on any atom is -0.487 e. The smallest absolute Gasteiger partial charge is 0.123 e. The second-order valence-corrected chi connectivity index (χ2v) is 6.22. The lowest BCUT2D eigenvalue weighted by Crippen LogP contribution is -2.33. The number of hydrogen-bond acceptors (Lipinski definition) is 2. The Morgan fingerprint density at radius 2 is 1.88 bits per heavy atom. The summed E-state index contributed by atoms with van der Waals surface area (Å²) >= 11 is 0. The zero-order valence-corrected chi connectivity index (χ0v) is 10.8. The van der Waals surface area contributed by atoms with Crippen LogP contribution in [0.25, 0.3) is 0 Å². The highest BCUT2D eigenvalue weighted by atomic mass is 16.5. The van der Waals surface area contributed by atoms with Crippen LogP contribution in [0.2, 0.25) is 0 Å². The monoisotopic (exact) mass is 231 g/mol. The highest BCUT2D eigenvalue weighted by molar-refractivity contribution is 5.44. The van der Waals surface area contributed by atoms with Gasteiger partial charge in [0.1, 0.15) is 11.4 Å². The molecule has 92 valence electrons. The van der Waals surface area contributed by atoms with Crippen molar-refractivity contribution in [2.45, 2.75) is 57.1 Å². The van der Waals surface area contributed by atoms with E-state index < -0.39 is 0 Å².